The van der Waals surface area contributed by atoms with E-state index < -0.39 is 17.7 Å². The molecule has 1 amide bonds. The summed E-state index contributed by atoms with van der Waals surface area (Å²) in [5.41, 5.74) is 2.41. The molecule has 1 atom stereocenters. The molecule has 5 rings (SSSR count). The second-order valence-electron chi connectivity index (χ2n) is 9.38. The van der Waals surface area contributed by atoms with Crippen LogP contribution in [0, 0.1) is 0 Å². The van der Waals surface area contributed by atoms with Crippen molar-refractivity contribution in [2.24, 2.45) is 0 Å². The lowest BCUT2D eigenvalue weighted by atomic mass is 9.94. The summed E-state index contributed by atoms with van der Waals surface area (Å²) in [5.74, 6) is -0.363. The predicted octanol–water partition coefficient (Wildman–Crippen LogP) is 6.69. The van der Waals surface area contributed by atoms with Crippen LogP contribution in [0.3, 0.4) is 0 Å². The maximum Gasteiger partial charge on any atom is 0.300 e. The van der Waals surface area contributed by atoms with Gasteiger partial charge >= 0.3 is 0 Å². The molecule has 4 aromatic carbocycles. The molecular weight excluding hydrogens is 518 g/mol. The number of hydrogen-bond acceptors (Lipinski definition) is 6. The van der Waals surface area contributed by atoms with Crippen LogP contribution in [0.15, 0.2) is 109 Å². The van der Waals surface area contributed by atoms with E-state index in [1.54, 1.807) is 48.5 Å². The summed E-state index contributed by atoms with van der Waals surface area (Å²) in [6.07, 6.45) is 0. The number of anilines is 1. The first kappa shape index (κ1) is 27.5. The number of aliphatic hydroxyl groups is 1. The van der Waals surface area contributed by atoms with Crippen LogP contribution in [0.5, 0.6) is 17.2 Å². The molecule has 7 heteroatoms. The number of carbonyl (C=O) groups excluding carboxylic acids is 2. The predicted molar refractivity (Wildman–Crippen MR) is 157 cm³/mol. The minimum atomic E-state index is -0.904. The van der Waals surface area contributed by atoms with E-state index in [4.69, 9.17) is 14.2 Å². The van der Waals surface area contributed by atoms with Gasteiger partial charge in [-0.05, 0) is 61.4 Å². The Hall–Kier alpha value is -5.04. The van der Waals surface area contributed by atoms with Gasteiger partial charge in [-0.25, -0.2) is 0 Å². The second kappa shape index (κ2) is 12.4. The highest BCUT2D eigenvalue weighted by Gasteiger charge is 2.47. The van der Waals surface area contributed by atoms with Crippen LogP contribution >= 0.6 is 0 Å². The van der Waals surface area contributed by atoms with Gasteiger partial charge in [0.25, 0.3) is 11.7 Å². The van der Waals surface area contributed by atoms with E-state index in [-0.39, 0.29) is 11.3 Å². The summed E-state index contributed by atoms with van der Waals surface area (Å²) in [6.45, 7) is 4.84. The van der Waals surface area contributed by atoms with Crippen molar-refractivity contribution in [1.29, 1.82) is 0 Å². The molecule has 1 heterocycles. The first-order chi connectivity index (χ1) is 20.0. The van der Waals surface area contributed by atoms with E-state index in [0.29, 0.717) is 53.9 Å². The quantitative estimate of drug-likeness (QED) is 0.135. The molecule has 41 heavy (non-hydrogen) atoms. The number of amides is 1. The Kier molecular flexibility index (Phi) is 8.34. The van der Waals surface area contributed by atoms with Gasteiger partial charge in [-0.2, -0.15) is 0 Å². The Balaban J connectivity index is 1.62. The SMILES string of the molecule is CCOc1ccc(/C(O)=C2\C(=O)C(=O)N(c3ccccc3)C2c2cccc(OCc3ccccc3)c2)c(OCC)c1. The van der Waals surface area contributed by atoms with Crippen LogP contribution in [0.1, 0.15) is 36.6 Å². The van der Waals surface area contributed by atoms with Crippen molar-refractivity contribution in [2.75, 3.05) is 18.1 Å². The third-order valence-corrected chi connectivity index (χ3v) is 6.72. The van der Waals surface area contributed by atoms with Gasteiger partial charge < -0.3 is 19.3 Å². The number of nitrogens with zero attached hydrogens (tertiary/aromatic N) is 1. The van der Waals surface area contributed by atoms with Gasteiger partial charge in [-0.15, -0.1) is 0 Å². The molecular formula is C34H31NO6. The third kappa shape index (κ3) is 5.79. The molecule has 0 saturated carbocycles. The van der Waals surface area contributed by atoms with Crippen LogP contribution in [0.25, 0.3) is 5.76 Å². The maximum atomic E-state index is 13.6. The fourth-order valence-electron chi connectivity index (χ4n) is 4.89. The minimum absolute atomic E-state index is 0.0378. The van der Waals surface area contributed by atoms with E-state index in [0.717, 1.165) is 5.56 Å². The molecule has 7 nitrogen and oxygen atoms in total. The van der Waals surface area contributed by atoms with E-state index >= 15 is 0 Å². The number of aliphatic hydroxyl groups excluding tert-OH is 1. The molecule has 1 saturated heterocycles. The Morgan fingerprint density at radius 3 is 2.15 bits per heavy atom. The van der Waals surface area contributed by atoms with E-state index in [1.807, 2.05) is 68.4 Å². The summed E-state index contributed by atoms with van der Waals surface area (Å²) in [4.78, 5) is 28.6. The number of ether oxygens (including phenoxy) is 3. The van der Waals surface area contributed by atoms with Crippen LogP contribution in [0.4, 0.5) is 5.69 Å². The second-order valence-corrected chi connectivity index (χ2v) is 9.38. The monoisotopic (exact) mass is 549 g/mol. The molecule has 1 fully saturated rings. The molecule has 0 aliphatic carbocycles. The van der Waals surface area contributed by atoms with Gasteiger partial charge in [-0.1, -0.05) is 60.7 Å². The highest BCUT2D eigenvalue weighted by atomic mass is 16.5. The van der Waals surface area contributed by atoms with E-state index in [1.165, 1.54) is 4.90 Å². The Labute approximate surface area is 239 Å². The fourth-order valence-corrected chi connectivity index (χ4v) is 4.89. The molecule has 0 bridgehead atoms. The summed E-state index contributed by atoms with van der Waals surface area (Å²) in [5, 5.41) is 11.7. The third-order valence-electron chi connectivity index (χ3n) is 6.72. The smallest absolute Gasteiger partial charge is 0.300 e. The van der Waals surface area contributed by atoms with Crippen molar-refractivity contribution >= 4 is 23.1 Å². The zero-order valence-electron chi connectivity index (χ0n) is 22.9. The van der Waals surface area contributed by atoms with Gasteiger partial charge in [-0.3, -0.25) is 14.5 Å². The van der Waals surface area contributed by atoms with Crippen LogP contribution in [0.2, 0.25) is 0 Å². The first-order valence-corrected chi connectivity index (χ1v) is 13.5. The van der Waals surface area contributed by atoms with Crippen LogP contribution in [-0.2, 0) is 16.2 Å². The molecule has 0 aromatic heterocycles. The Bertz CT molecular complexity index is 1560. The van der Waals surface area contributed by atoms with Gasteiger partial charge in [0, 0.05) is 11.8 Å². The van der Waals surface area contributed by atoms with Crippen molar-refractivity contribution in [3.63, 3.8) is 0 Å². The Morgan fingerprint density at radius 1 is 0.756 bits per heavy atom. The van der Waals surface area contributed by atoms with Gasteiger partial charge in [0.05, 0.1) is 30.4 Å². The summed E-state index contributed by atoms with van der Waals surface area (Å²) in [7, 11) is 0. The lowest BCUT2D eigenvalue weighted by Crippen LogP contribution is -2.29. The number of ketones is 1. The maximum absolute atomic E-state index is 13.6. The number of hydrogen-bond donors (Lipinski definition) is 1. The van der Waals surface area contributed by atoms with E-state index in [9.17, 15) is 14.7 Å². The van der Waals surface area contributed by atoms with E-state index in [2.05, 4.69) is 0 Å². The van der Waals surface area contributed by atoms with Crippen LogP contribution < -0.4 is 19.1 Å². The molecule has 1 N–H and O–H groups in total. The zero-order valence-corrected chi connectivity index (χ0v) is 22.9. The molecule has 0 radical (unpaired) electrons. The first-order valence-electron chi connectivity index (χ1n) is 13.5. The zero-order chi connectivity index (χ0) is 28.8. The Morgan fingerprint density at radius 2 is 1.44 bits per heavy atom. The summed E-state index contributed by atoms with van der Waals surface area (Å²) < 4.78 is 17.5. The van der Waals surface area contributed by atoms with Crippen molar-refractivity contribution in [2.45, 2.75) is 26.5 Å². The van der Waals surface area contributed by atoms with Crippen molar-refractivity contribution in [3.8, 4) is 17.2 Å². The topological polar surface area (TPSA) is 85.3 Å². The number of rotatable bonds is 10. The van der Waals surface area contributed by atoms with Crippen LogP contribution in [-0.4, -0.2) is 30.0 Å². The van der Waals surface area contributed by atoms with Gasteiger partial charge in [0.2, 0.25) is 0 Å². The molecule has 1 unspecified atom stereocenters. The fraction of sp³-hybridized carbons (Fsp3) is 0.176. The highest BCUT2D eigenvalue weighted by Crippen LogP contribution is 2.44. The van der Waals surface area contributed by atoms with Crippen molar-refractivity contribution < 1.29 is 28.9 Å². The summed E-state index contributed by atoms with van der Waals surface area (Å²) in [6, 6.07) is 30.1. The molecule has 208 valence electrons. The summed E-state index contributed by atoms with van der Waals surface area (Å²) >= 11 is 0. The van der Waals surface area contributed by atoms with Gasteiger partial charge in [0.1, 0.15) is 29.6 Å². The number of Topliss-reactive ketones (excluding diaryl/α,β-unsaturated/α-hetero) is 1. The lowest BCUT2D eigenvalue weighted by Gasteiger charge is -2.26. The minimum Gasteiger partial charge on any atom is -0.507 e. The average molecular weight is 550 g/mol. The van der Waals surface area contributed by atoms with Gasteiger partial charge in [0.15, 0.2) is 0 Å². The standard InChI is InChI=1S/C34H31NO6/c1-3-39-27-18-19-28(29(21-27)40-4-2)32(36)30-31(35(34(38)33(30)37)25-15-9-6-10-16-25)24-14-11-17-26(20-24)41-22-23-12-7-5-8-13-23/h5-21,31,36H,3-4,22H2,1-2H3/b32-30+. The number of benzene rings is 4. The normalized spacial score (nSPS) is 16.0. The molecule has 1 aliphatic rings. The lowest BCUT2D eigenvalue weighted by molar-refractivity contribution is -0.132. The number of carbonyl (C=O) groups is 2. The van der Waals surface area contributed by atoms with Crippen molar-refractivity contribution in [3.05, 3.63) is 125 Å². The number of para-hydroxylation sites is 1. The molecule has 0 spiro atoms. The molecule has 4 aromatic rings. The molecule has 1 aliphatic heterocycles. The highest BCUT2D eigenvalue weighted by molar-refractivity contribution is 6.51. The van der Waals surface area contributed by atoms with Crippen molar-refractivity contribution in [1.82, 2.24) is 0 Å². The average Bonchev–Trinajstić information content (AvgIpc) is 3.27. The largest absolute Gasteiger partial charge is 0.507 e.